The van der Waals surface area contributed by atoms with Crippen molar-refractivity contribution in [2.75, 3.05) is 6.79 Å². The Morgan fingerprint density at radius 1 is 0.926 bits per heavy atom. The third-order valence-corrected chi connectivity index (χ3v) is 5.49. The predicted octanol–water partition coefficient (Wildman–Crippen LogP) is 4.19. The van der Waals surface area contributed by atoms with Gasteiger partial charge >= 0.3 is 0 Å². The first-order chi connectivity index (χ1) is 12.8. The molecular weight excluding hydrogens is 393 g/mol. The fourth-order valence-electron chi connectivity index (χ4n) is 3.00. The molecule has 0 spiro atoms. The van der Waals surface area contributed by atoms with Gasteiger partial charge in [0.15, 0.2) is 11.5 Å². The number of rotatable bonds is 3. The molecule has 1 aliphatic heterocycles. The van der Waals surface area contributed by atoms with E-state index in [4.69, 9.17) is 26.2 Å². The molecule has 0 fully saturated rings. The Morgan fingerprint density at radius 3 is 2.26 bits per heavy atom. The van der Waals surface area contributed by atoms with Gasteiger partial charge in [-0.2, -0.15) is 0 Å². The van der Waals surface area contributed by atoms with Crippen LogP contribution in [0.15, 0.2) is 59.5 Å². The van der Waals surface area contributed by atoms with Crippen molar-refractivity contribution >= 4 is 21.6 Å². The fraction of sp³-hybridized carbons (Fsp3) is 0.0526. The Hall–Kier alpha value is -2.61. The summed E-state index contributed by atoms with van der Waals surface area (Å²) in [5, 5.41) is 5.34. The minimum Gasteiger partial charge on any atom is -0.454 e. The number of fused-ring (bicyclic) bond motifs is 1. The van der Waals surface area contributed by atoms with E-state index in [1.807, 2.05) is 0 Å². The quantitative estimate of drug-likeness (QED) is 0.708. The summed E-state index contributed by atoms with van der Waals surface area (Å²) in [5.41, 5.74) is 2.15. The lowest BCUT2D eigenvalue weighted by atomic mass is 9.94. The Bertz CT molecular complexity index is 1160. The molecule has 0 amide bonds. The van der Waals surface area contributed by atoms with Crippen LogP contribution in [-0.2, 0) is 10.0 Å². The van der Waals surface area contributed by atoms with Crippen LogP contribution >= 0.6 is 11.6 Å². The van der Waals surface area contributed by atoms with E-state index < -0.39 is 15.8 Å². The standard InChI is InChI=1S/C19H13ClFNO4S/c20-15-7-11(5-6-16(15)21)13-8-17-18(26-10-25-17)9-14(13)12-3-1-2-4-19(12)27(22,23)24/h1-9H,10H2,(H2,22,23,24). The smallest absolute Gasteiger partial charge is 0.238 e. The molecule has 3 aromatic carbocycles. The molecule has 0 saturated heterocycles. The second-order valence-corrected chi connectivity index (χ2v) is 7.86. The first-order valence-electron chi connectivity index (χ1n) is 7.86. The summed E-state index contributed by atoms with van der Waals surface area (Å²) in [6, 6.07) is 14.0. The Labute approximate surface area is 160 Å². The number of nitrogens with two attached hydrogens (primary N) is 1. The van der Waals surface area contributed by atoms with Crippen molar-refractivity contribution in [1.29, 1.82) is 0 Å². The van der Waals surface area contributed by atoms with E-state index >= 15 is 0 Å². The lowest BCUT2D eigenvalue weighted by Gasteiger charge is -2.15. The average Bonchev–Trinajstić information content (AvgIpc) is 3.10. The number of ether oxygens (including phenoxy) is 2. The van der Waals surface area contributed by atoms with Crippen molar-refractivity contribution in [3.05, 3.63) is 65.4 Å². The molecule has 1 aliphatic rings. The Morgan fingerprint density at radius 2 is 1.59 bits per heavy atom. The van der Waals surface area contributed by atoms with Gasteiger partial charge in [0.05, 0.1) is 9.92 Å². The van der Waals surface area contributed by atoms with E-state index in [9.17, 15) is 12.8 Å². The number of sulfonamides is 1. The molecule has 1 heterocycles. The molecule has 0 aliphatic carbocycles. The zero-order chi connectivity index (χ0) is 19.2. The van der Waals surface area contributed by atoms with Crippen LogP contribution in [-0.4, -0.2) is 15.2 Å². The monoisotopic (exact) mass is 405 g/mol. The van der Waals surface area contributed by atoms with Gasteiger partial charge in [0, 0.05) is 5.56 Å². The summed E-state index contributed by atoms with van der Waals surface area (Å²) in [6.07, 6.45) is 0. The van der Waals surface area contributed by atoms with Gasteiger partial charge in [0.1, 0.15) is 5.82 Å². The Kier molecular flexibility index (Phi) is 4.30. The normalized spacial score (nSPS) is 13.0. The molecule has 138 valence electrons. The average molecular weight is 406 g/mol. The lowest BCUT2D eigenvalue weighted by Crippen LogP contribution is -2.13. The van der Waals surface area contributed by atoms with E-state index in [0.717, 1.165) is 0 Å². The second-order valence-electron chi connectivity index (χ2n) is 5.92. The summed E-state index contributed by atoms with van der Waals surface area (Å²) in [4.78, 5) is -0.0293. The summed E-state index contributed by atoms with van der Waals surface area (Å²) in [5.74, 6) is 0.432. The van der Waals surface area contributed by atoms with Crippen LogP contribution in [0.2, 0.25) is 5.02 Å². The van der Waals surface area contributed by atoms with Crippen LogP contribution in [0.4, 0.5) is 4.39 Å². The molecule has 8 heteroatoms. The predicted molar refractivity (Wildman–Crippen MR) is 99.8 cm³/mol. The van der Waals surface area contributed by atoms with Crippen molar-refractivity contribution in [3.63, 3.8) is 0 Å². The van der Waals surface area contributed by atoms with Gasteiger partial charge in [-0.15, -0.1) is 0 Å². The van der Waals surface area contributed by atoms with Crippen LogP contribution in [0.3, 0.4) is 0 Å². The molecule has 2 N–H and O–H groups in total. The maximum absolute atomic E-state index is 13.6. The van der Waals surface area contributed by atoms with E-state index in [0.29, 0.717) is 33.8 Å². The minimum absolute atomic E-state index is 0.0293. The maximum atomic E-state index is 13.6. The molecule has 0 saturated carbocycles. The van der Waals surface area contributed by atoms with Crippen molar-refractivity contribution in [2.24, 2.45) is 5.14 Å². The molecule has 27 heavy (non-hydrogen) atoms. The molecule has 0 atom stereocenters. The zero-order valence-corrected chi connectivity index (χ0v) is 15.4. The molecule has 0 aromatic heterocycles. The van der Waals surface area contributed by atoms with Gasteiger partial charge in [0.2, 0.25) is 16.8 Å². The van der Waals surface area contributed by atoms with Crippen LogP contribution in [0.25, 0.3) is 22.3 Å². The first-order valence-corrected chi connectivity index (χ1v) is 9.78. The van der Waals surface area contributed by atoms with Crippen LogP contribution in [0.1, 0.15) is 0 Å². The highest BCUT2D eigenvalue weighted by Gasteiger charge is 2.23. The second kappa shape index (κ2) is 6.53. The van der Waals surface area contributed by atoms with E-state index in [1.54, 1.807) is 36.4 Å². The van der Waals surface area contributed by atoms with Crippen molar-refractivity contribution in [2.45, 2.75) is 4.90 Å². The van der Waals surface area contributed by atoms with Gasteiger partial charge in [0.25, 0.3) is 0 Å². The third-order valence-electron chi connectivity index (χ3n) is 4.23. The highest BCUT2D eigenvalue weighted by atomic mass is 35.5. The summed E-state index contributed by atoms with van der Waals surface area (Å²) in [7, 11) is -3.97. The van der Waals surface area contributed by atoms with Crippen LogP contribution < -0.4 is 14.6 Å². The number of benzene rings is 3. The van der Waals surface area contributed by atoms with Gasteiger partial charge < -0.3 is 9.47 Å². The maximum Gasteiger partial charge on any atom is 0.238 e. The van der Waals surface area contributed by atoms with Gasteiger partial charge in [-0.1, -0.05) is 35.9 Å². The molecule has 4 rings (SSSR count). The topological polar surface area (TPSA) is 78.6 Å². The Balaban J connectivity index is 2.03. The van der Waals surface area contributed by atoms with E-state index in [2.05, 4.69) is 0 Å². The van der Waals surface area contributed by atoms with E-state index in [-0.39, 0.29) is 16.7 Å². The van der Waals surface area contributed by atoms with Crippen molar-refractivity contribution < 1.29 is 22.3 Å². The molecule has 0 bridgehead atoms. The van der Waals surface area contributed by atoms with Gasteiger partial charge in [-0.25, -0.2) is 17.9 Å². The number of primary sulfonamides is 1. The largest absolute Gasteiger partial charge is 0.454 e. The van der Waals surface area contributed by atoms with Crippen LogP contribution in [0.5, 0.6) is 11.5 Å². The van der Waals surface area contributed by atoms with Crippen molar-refractivity contribution in [3.8, 4) is 33.8 Å². The minimum atomic E-state index is -3.97. The van der Waals surface area contributed by atoms with Crippen LogP contribution in [0, 0.1) is 5.82 Å². The molecular formula is C19H13ClFNO4S. The fourth-order valence-corrected chi connectivity index (χ4v) is 3.94. The zero-order valence-electron chi connectivity index (χ0n) is 13.8. The molecule has 3 aromatic rings. The lowest BCUT2D eigenvalue weighted by molar-refractivity contribution is 0.174. The SMILES string of the molecule is NS(=O)(=O)c1ccccc1-c1cc2c(cc1-c1ccc(F)c(Cl)c1)OCO2. The summed E-state index contributed by atoms with van der Waals surface area (Å²) < 4.78 is 48.6. The summed E-state index contributed by atoms with van der Waals surface area (Å²) >= 11 is 5.94. The third kappa shape index (κ3) is 3.25. The highest BCUT2D eigenvalue weighted by Crippen LogP contribution is 2.44. The number of hydrogen-bond acceptors (Lipinski definition) is 4. The van der Waals surface area contributed by atoms with Gasteiger partial charge in [-0.3, -0.25) is 0 Å². The number of hydrogen-bond donors (Lipinski definition) is 1. The summed E-state index contributed by atoms with van der Waals surface area (Å²) in [6.45, 7) is 0.0548. The van der Waals surface area contributed by atoms with Crippen molar-refractivity contribution in [1.82, 2.24) is 0 Å². The molecule has 0 radical (unpaired) electrons. The molecule has 5 nitrogen and oxygen atoms in total. The highest BCUT2D eigenvalue weighted by molar-refractivity contribution is 7.89. The van der Waals surface area contributed by atoms with Gasteiger partial charge in [-0.05, 0) is 47.0 Å². The molecule has 0 unspecified atom stereocenters. The van der Waals surface area contributed by atoms with E-state index in [1.165, 1.54) is 18.2 Å². The first kappa shape index (κ1) is 17.8. The number of halogens is 2.